The first-order chi connectivity index (χ1) is 12.7. The molecule has 1 aliphatic rings. The van der Waals surface area contributed by atoms with Gasteiger partial charge in [-0.25, -0.2) is 9.97 Å². The average Bonchev–Trinajstić information content (AvgIpc) is 3.27. The molecule has 0 bridgehead atoms. The Kier molecular flexibility index (Phi) is 4.50. The fraction of sp³-hybridized carbons (Fsp3) is 0.500. The number of nitrogens with one attached hydrogen (secondary N) is 4. The smallest absolute Gasteiger partial charge is 0.260 e. The zero-order valence-electron chi connectivity index (χ0n) is 15.0. The molecule has 8 heteroatoms. The first kappa shape index (κ1) is 16.8. The monoisotopic (exact) mass is 355 g/mol. The normalized spacial score (nSPS) is 15.3. The number of aromatic nitrogens is 4. The molecule has 0 atom stereocenters. The number of hydrogen-bond donors (Lipinski definition) is 5. The zero-order chi connectivity index (χ0) is 18.1. The van der Waals surface area contributed by atoms with E-state index in [2.05, 4.69) is 30.6 Å². The second-order valence-corrected chi connectivity index (χ2v) is 7.04. The number of benzene rings is 1. The van der Waals surface area contributed by atoms with Gasteiger partial charge in [0.05, 0.1) is 21.9 Å². The second-order valence-electron chi connectivity index (χ2n) is 7.04. The van der Waals surface area contributed by atoms with Gasteiger partial charge in [-0.15, -0.1) is 0 Å². The number of nitrogen functional groups attached to an aromatic ring is 1. The Morgan fingerprint density at radius 2 is 2.04 bits per heavy atom. The Morgan fingerprint density at radius 1 is 1.23 bits per heavy atom. The van der Waals surface area contributed by atoms with Gasteiger partial charge in [0.25, 0.3) is 5.56 Å². The fourth-order valence-electron chi connectivity index (χ4n) is 3.93. The summed E-state index contributed by atoms with van der Waals surface area (Å²) < 4.78 is 0. The predicted octanol–water partition coefficient (Wildman–Crippen LogP) is 1.75. The third-order valence-corrected chi connectivity index (χ3v) is 5.26. The minimum atomic E-state index is -0.227. The van der Waals surface area contributed by atoms with Crippen molar-refractivity contribution in [3.8, 4) is 0 Å². The van der Waals surface area contributed by atoms with Gasteiger partial charge >= 0.3 is 0 Å². The van der Waals surface area contributed by atoms with Crippen molar-refractivity contribution in [3.05, 3.63) is 22.0 Å². The molecule has 2 heterocycles. The molecule has 0 radical (unpaired) electrons. The van der Waals surface area contributed by atoms with Gasteiger partial charge < -0.3 is 21.4 Å². The number of nitrogens with zero attached hydrogens (tertiary/aromatic N) is 2. The van der Waals surface area contributed by atoms with Gasteiger partial charge in [0.15, 0.2) is 0 Å². The summed E-state index contributed by atoms with van der Waals surface area (Å²) in [6.07, 6.45) is 6.09. The van der Waals surface area contributed by atoms with Crippen molar-refractivity contribution in [2.45, 2.75) is 32.1 Å². The van der Waals surface area contributed by atoms with E-state index in [1.54, 1.807) is 6.07 Å². The number of hydrogen-bond acceptors (Lipinski definition) is 6. The lowest BCUT2D eigenvalue weighted by atomic mass is 10.0. The number of H-pyrrole nitrogens is 2. The van der Waals surface area contributed by atoms with Crippen LogP contribution in [0.2, 0.25) is 0 Å². The van der Waals surface area contributed by atoms with Gasteiger partial charge in [-0.2, -0.15) is 0 Å². The molecule has 1 fully saturated rings. The van der Waals surface area contributed by atoms with E-state index < -0.39 is 0 Å². The van der Waals surface area contributed by atoms with Crippen molar-refractivity contribution < 1.29 is 0 Å². The maximum atomic E-state index is 12.3. The molecule has 1 saturated carbocycles. The highest BCUT2D eigenvalue weighted by atomic mass is 16.1. The van der Waals surface area contributed by atoms with Crippen LogP contribution in [0.15, 0.2) is 10.9 Å². The maximum absolute atomic E-state index is 12.3. The molecule has 0 amide bonds. The minimum absolute atomic E-state index is 0.131. The Bertz CT molecular complexity index is 985. The van der Waals surface area contributed by atoms with Gasteiger partial charge in [-0.1, -0.05) is 12.8 Å². The van der Waals surface area contributed by atoms with Crippen molar-refractivity contribution in [1.29, 1.82) is 0 Å². The Morgan fingerprint density at radius 3 is 2.81 bits per heavy atom. The van der Waals surface area contributed by atoms with E-state index >= 15 is 0 Å². The first-order valence-corrected chi connectivity index (χ1v) is 9.25. The lowest BCUT2D eigenvalue weighted by Crippen LogP contribution is -2.24. The van der Waals surface area contributed by atoms with E-state index in [1.165, 1.54) is 25.7 Å². The van der Waals surface area contributed by atoms with Crippen LogP contribution in [0.4, 0.5) is 11.9 Å². The Labute approximate surface area is 151 Å². The SMILES string of the molecule is CNc1nc2c(CCNCC3CCCC3)c3nc(N)[nH]c(=O)c3cc2[nH]1. The van der Waals surface area contributed by atoms with Crippen LogP contribution < -0.4 is 21.9 Å². The number of aromatic amines is 2. The lowest BCUT2D eigenvalue weighted by Gasteiger charge is -2.11. The fourth-order valence-corrected chi connectivity index (χ4v) is 3.93. The van der Waals surface area contributed by atoms with Gasteiger partial charge in [-0.05, 0) is 44.3 Å². The van der Waals surface area contributed by atoms with Crippen molar-refractivity contribution in [2.75, 3.05) is 31.2 Å². The van der Waals surface area contributed by atoms with E-state index in [0.29, 0.717) is 16.9 Å². The molecule has 4 rings (SSSR count). The molecule has 1 aliphatic carbocycles. The van der Waals surface area contributed by atoms with Crippen LogP contribution in [-0.2, 0) is 6.42 Å². The largest absolute Gasteiger partial charge is 0.369 e. The summed E-state index contributed by atoms with van der Waals surface area (Å²) in [4.78, 5) is 27.1. The lowest BCUT2D eigenvalue weighted by molar-refractivity contribution is 0.492. The number of nitrogens with two attached hydrogens (primary N) is 1. The molecule has 26 heavy (non-hydrogen) atoms. The molecule has 0 saturated heterocycles. The molecule has 1 aromatic carbocycles. The van der Waals surface area contributed by atoms with Crippen LogP contribution in [0.1, 0.15) is 31.2 Å². The van der Waals surface area contributed by atoms with E-state index in [9.17, 15) is 4.79 Å². The summed E-state index contributed by atoms with van der Waals surface area (Å²) in [5.74, 6) is 1.59. The van der Waals surface area contributed by atoms with Crippen molar-refractivity contribution in [2.24, 2.45) is 5.92 Å². The summed E-state index contributed by atoms with van der Waals surface area (Å²) in [5, 5.41) is 7.10. The zero-order valence-corrected chi connectivity index (χ0v) is 15.0. The van der Waals surface area contributed by atoms with Gasteiger partial charge in [0.2, 0.25) is 11.9 Å². The van der Waals surface area contributed by atoms with Gasteiger partial charge in [-0.3, -0.25) is 9.78 Å². The van der Waals surface area contributed by atoms with Crippen molar-refractivity contribution in [3.63, 3.8) is 0 Å². The van der Waals surface area contributed by atoms with Crippen molar-refractivity contribution in [1.82, 2.24) is 25.3 Å². The second kappa shape index (κ2) is 6.95. The molecule has 0 spiro atoms. The molecule has 6 N–H and O–H groups in total. The summed E-state index contributed by atoms with van der Waals surface area (Å²) >= 11 is 0. The number of fused-ring (bicyclic) bond motifs is 2. The molecular weight excluding hydrogens is 330 g/mol. The van der Waals surface area contributed by atoms with Crippen LogP contribution in [0.25, 0.3) is 21.9 Å². The molecule has 3 aromatic rings. The van der Waals surface area contributed by atoms with Crippen LogP contribution >= 0.6 is 0 Å². The molecule has 0 aliphatic heterocycles. The molecule has 0 unspecified atom stereocenters. The predicted molar refractivity (Wildman–Crippen MR) is 105 cm³/mol. The highest BCUT2D eigenvalue weighted by molar-refractivity contribution is 5.98. The average molecular weight is 355 g/mol. The number of imidazole rings is 1. The van der Waals surface area contributed by atoms with Gasteiger partial charge in [0, 0.05) is 12.6 Å². The summed E-state index contributed by atoms with van der Waals surface area (Å²) in [6, 6.07) is 1.79. The number of rotatable bonds is 6. The van der Waals surface area contributed by atoms with E-state index in [0.717, 1.165) is 42.0 Å². The highest BCUT2D eigenvalue weighted by Crippen LogP contribution is 2.26. The molecular formula is C18H25N7O. The quantitative estimate of drug-likeness (QED) is 0.429. The minimum Gasteiger partial charge on any atom is -0.369 e. The summed E-state index contributed by atoms with van der Waals surface area (Å²) in [6.45, 7) is 1.87. The summed E-state index contributed by atoms with van der Waals surface area (Å²) in [5.41, 5.74) is 8.80. The van der Waals surface area contributed by atoms with Crippen LogP contribution in [0, 0.1) is 5.92 Å². The van der Waals surface area contributed by atoms with E-state index in [4.69, 9.17) is 5.73 Å². The van der Waals surface area contributed by atoms with Crippen LogP contribution in [0.5, 0.6) is 0 Å². The topological polar surface area (TPSA) is 125 Å². The van der Waals surface area contributed by atoms with E-state index in [-0.39, 0.29) is 11.5 Å². The third kappa shape index (κ3) is 3.12. The summed E-state index contributed by atoms with van der Waals surface area (Å²) in [7, 11) is 1.81. The van der Waals surface area contributed by atoms with Crippen molar-refractivity contribution >= 4 is 33.8 Å². The van der Waals surface area contributed by atoms with Gasteiger partial charge in [0.1, 0.15) is 0 Å². The Hall–Kier alpha value is -2.61. The van der Waals surface area contributed by atoms with Crippen LogP contribution in [-0.4, -0.2) is 40.1 Å². The van der Waals surface area contributed by atoms with Crippen LogP contribution in [0.3, 0.4) is 0 Å². The van der Waals surface area contributed by atoms with E-state index in [1.807, 2.05) is 7.05 Å². The maximum Gasteiger partial charge on any atom is 0.260 e. The highest BCUT2D eigenvalue weighted by Gasteiger charge is 2.17. The molecule has 2 aromatic heterocycles. The third-order valence-electron chi connectivity index (χ3n) is 5.26. The standard InChI is InChI=1S/C18H25N7O/c1-20-18-22-13-8-12-14(23-17(19)25-16(12)26)11(15(13)24-18)6-7-21-9-10-4-2-3-5-10/h8,10,21H,2-7,9H2,1H3,(H2,20,22,24)(H3,19,23,25,26). The number of anilines is 2. The molecule has 138 valence electrons. The molecule has 8 nitrogen and oxygen atoms in total. The first-order valence-electron chi connectivity index (χ1n) is 9.25. The Balaban J connectivity index is 1.68.